The summed E-state index contributed by atoms with van der Waals surface area (Å²) in [6, 6.07) is 12.5. The number of ether oxygens (including phenoxy) is 2. The molecule has 3 unspecified atom stereocenters. The average Bonchev–Trinajstić information content (AvgIpc) is 3.08. The van der Waals surface area contributed by atoms with Crippen LogP contribution < -0.4 is 14.1 Å². The molecule has 0 saturated carbocycles. The molecule has 0 radical (unpaired) electrons. The van der Waals surface area contributed by atoms with Gasteiger partial charge < -0.3 is 28.7 Å². The van der Waals surface area contributed by atoms with Crippen molar-refractivity contribution < 1.29 is 22.4 Å². The maximum Gasteiger partial charge on any atom is 0.338 e. The Hall–Kier alpha value is -2.86. The molecule has 0 bridgehead atoms. The second kappa shape index (κ2) is 16.3. The van der Waals surface area contributed by atoms with Gasteiger partial charge in [0.05, 0.1) is 23.7 Å². The lowest BCUT2D eigenvalue weighted by Crippen LogP contribution is -2.32. The van der Waals surface area contributed by atoms with Gasteiger partial charge in [-0.15, -0.1) is 0 Å². The quantitative estimate of drug-likeness (QED) is 0.114. The van der Waals surface area contributed by atoms with E-state index in [9.17, 15) is 9.90 Å². The first-order valence-electron chi connectivity index (χ1n) is 15.2. The Balaban J connectivity index is 1.22. The minimum absolute atomic E-state index is 0.0979. The Morgan fingerprint density at radius 1 is 1.17 bits per heavy atom. The van der Waals surface area contributed by atoms with E-state index in [1.54, 1.807) is 30.5 Å². The lowest BCUT2D eigenvalue weighted by Gasteiger charge is -2.27. The van der Waals surface area contributed by atoms with Crippen LogP contribution in [0, 0.1) is 12.8 Å². The number of rotatable bonds is 12. The van der Waals surface area contributed by atoms with Gasteiger partial charge in [-0.25, -0.2) is 4.79 Å². The first-order chi connectivity index (χ1) is 22.2. The number of allylic oxidation sites excluding steroid dienone is 5. The second-order valence-electron chi connectivity index (χ2n) is 11.5. The molecule has 0 aromatic heterocycles. The van der Waals surface area contributed by atoms with Crippen molar-refractivity contribution in [2.24, 2.45) is 11.7 Å². The van der Waals surface area contributed by atoms with E-state index in [0.29, 0.717) is 34.2 Å². The Morgan fingerprint density at radius 2 is 1.98 bits per heavy atom. The van der Waals surface area contributed by atoms with E-state index in [-0.39, 0.29) is 18.6 Å². The van der Waals surface area contributed by atoms with E-state index >= 15 is 0 Å². The summed E-state index contributed by atoms with van der Waals surface area (Å²) in [5, 5.41) is 14.9. The molecule has 0 saturated heterocycles. The summed E-state index contributed by atoms with van der Waals surface area (Å²) in [6.45, 7) is 2.54. The fraction of sp³-hybridized carbons (Fsp3) is 0.306. The van der Waals surface area contributed by atoms with Crippen molar-refractivity contribution in [3.05, 3.63) is 134 Å². The fourth-order valence-electron chi connectivity index (χ4n) is 5.67. The molecule has 46 heavy (non-hydrogen) atoms. The van der Waals surface area contributed by atoms with E-state index < -0.39 is 18.4 Å². The molecule has 2 aromatic carbocycles. The maximum absolute atomic E-state index is 13.4. The molecule has 7 nitrogen and oxygen atoms in total. The Bertz CT molecular complexity index is 1610. The molecule has 2 aromatic rings. The molecule has 0 spiro atoms. The number of carbonyl (C=O) groups is 1. The first-order valence-corrected chi connectivity index (χ1v) is 16.8. The SMILES string of the molecule is Cc1cc(C(CC2=C(Cl)CNC=C2Cl)OC(=O)c2ccc(COC(O)C3=CCCC([C@@H](N)C4C=CC=CC4)=C3)cc2)ccc1OI. The van der Waals surface area contributed by atoms with Crippen molar-refractivity contribution in [1.29, 1.82) is 0 Å². The number of esters is 1. The number of aliphatic hydroxyl groups excluding tert-OH is 1. The van der Waals surface area contributed by atoms with Crippen LogP contribution in [0.1, 0.15) is 58.8 Å². The summed E-state index contributed by atoms with van der Waals surface area (Å²) in [4.78, 5) is 13.4. The maximum atomic E-state index is 13.4. The van der Waals surface area contributed by atoms with Gasteiger partial charge >= 0.3 is 5.97 Å². The number of hydrogen-bond acceptors (Lipinski definition) is 7. The minimum Gasteiger partial charge on any atom is -0.454 e. The summed E-state index contributed by atoms with van der Waals surface area (Å²) in [7, 11) is 0. The number of dihydropyridines is 1. The van der Waals surface area contributed by atoms with Crippen LogP contribution in [0.4, 0.5) is 0 Å². The third-order valence-corrected chi connectivity index (χ3v) is 9.52. The molecule has 10 heteroatoms. The molecule has 3 aliphatic rings. The topological polar surface area (TPSA) is 103 Å². The van der Waals surface area contributed by atoms with Gasteiger partial charge in [0.2, 0.25) is 0 Å². The van der Waals surface area contributed by atoms with Crippen LogP contribution in [0.15, 0.2) is 112 Å². The minimum atomic E-state index is -1.08. The molecule has 2 aliphatic carbocycles. The number of nitrogens with one attached hydrogen (secondary N) is 1. The van der Waals surface area contributed by atoms with Gasteiger partial charge in [-0.05, 0) is 78.6 Å². The van der Waals surface area contributed by atoms with Crippen LogP contribution in [0.2, 0.25) is 0 Å². The second-order valence-corrected chi connectivity index (χ2v) is 12.8. The molecular formula is C36H37Cl2IN2O5. The molecule has 1 aliphatic heterocycles. The molecule has 242 valence electrons. The average molecular weight is 776 g/mol. The fourth-order valence-corrected chi connectivity index (χ4v) is 6.73. The predicted molar refractivity (Wildman–Crippen MR) is 190 cm³/mol. The number of aliphatic hydroxyl groups is 1. The zero-order chi connectivity index (χ0) is 32.6. The first kappa shape index (κ1) is 34.5. The Kier molecular flexibility index (Phi) is 12.2. The van der Waals surface area contributed by atoms with E-state index in [1.165, 1.54) is 0 Å². The predicted octanol–water partition coefficient (Wildman–Crippen LogP) is 8.13. The van der Waals surface area contributed by atoms with Crippen molar-refractivity contribution in [2.75, 3.05) is 6.54 Å². The monoisotopic (exact) mass is 774 g/mol. The zero-order valence-corrected chi connectivity index (χ0v) is 29.1. The summed E-state index contributed by atoms with van der Waals surface area (Å²) < 4.78 is 17.2. The van der Waals surface area contributed by atoms with Gasteiger partial charge in [-0.2, -0.15) is 0 Å². The molecule has 0 fully saturated rings. The molecule has 5 rings (SSSR count). The van der Waals surface area contributed by atoms with Gasteiger partial charge in [-0.3, -0.25) is 0 Å². The molecular weight excluding hydrogens is 738 g/mol. The van der Waals surface area contributed by atoms with E-state index in [0.717, 1.165) is 52.8 Å². The van der Waals surface area contributed by atoms with Gasteiger partial charge in [0, 0.05) is 29.3 Å². The van der Waals surface area contributed by atoms with Crippen molar-refractivity contribution in [3.8, 4) is 5.75 Å². The number of benzene rings is 2. The Labute approximate surface area is 294 Å². The van der Waals surface area contributed by atoms with E-state index in [1.807, 2.05) is 72.4 Å². The van der Waals surface area contributed by atoms with Crippen LogP contribution in [-0.2, 0) is 16.1 Å². The molecule has 0 amide bonds. The van der Waals surface area contributed by atoms with Crippen molar-refractivity contribution in [2.45, 2.75) is 57.6 Å². The highest BCUT2D eigenvalue weighted by atomic mass is 127. The van der Waals surface area contributed by atoms with Gasteiger partial charge in [0.1, 0.15) is 11.9 Å². The number of hydrogen-bond donors (Lipinski definition) is 3. The van der Waals surface area contributed by atoms with Gasteiger partial charge in [0.25, 0.3) is 0 Å². The zero-order valence-electron chi connectivity index (χ0n) is 25.4. The van der Waals surface area contributed by atoms with Crippen LogP contribution in [0.5, 0.6) is 5.75 Å². The summed E-state index contributed by atoms with van der Waals surface area (Å²) >= 11 is 14.8. The summed E-state index contributed by atoms with van der Waals surface area (Å²) in [5.74, 6) is 0.492. The normalized spacial score (nSPS) is 19.8. The van der Waals surface area contributed by atoms with Crippen LogP contribution in [-0.4, -0.2) is 30.0 Å². The molecule has 4 atom stereocenters. The standard InChI is InChI=1S/C36H37Cl2IN2O5/c1-22-16-26(14-15-32(22)46-39)33(18-29-30(37)19-41-20-31(29)38)45-36(43)25-12-10-23(11-13-25)21-44-35(42)28-9-5-8-27(17-28)34(40)24-6-3-2-4-7-24/h2-4,6,9-17,19,24,33-35,41-42H,5,7-8,18,20-21,40H2,1H3/t24?,33?,34-,35?/m0/s1. The summed E-state index contributed by atoms with van der Waals surface area (Å²) in [5.41, 5.74) is 12.0. The molecule has 1 heterocycles. The highest BCUT2D eigenvalue weighted by Crippen LogP contribution is 2.36. The van der Waals surface area contributed by atoms with Crippen LogP contribution in [0.3, 0.4) is 0 Å². The van der Waals surface area contributed by atoms with E-state index in [2.05, 4.69) is 17.5 Å². The lowest BCUT2D eigenvalue weighted by atomic mass is 9.84. The van der Waals surface area contributed by atoms with Crippen molar-refractivity contribution >= 4 is 52.2 Å². The number of halogens is 3. The number of nitrogens with two attached hydrogens (primary N) is 1. The largest absolute Gasteiger partial charge is 0.454 e. The summed E-state index contributed by atoms with van der Waals surface area (Å²) in [6.07, 6.45) is 15.2. The van der Waals surface area contributed by atoms with Crippen molar-refractivity contribution in [3.63, 3.8) is 0 Å². The highest BCUT2D eigenvalue weighted by Gasteiger charge is 2.25. The van der Waals surface area contributed by atoms with E-state index in [4.69, 9.17) is 41.5 Å². The Morgan fingerprint density at radius 3 is 2.67 bits per heavy atom. The van der Waals surface area contributed by atoms with Crippen molar-refractivity contribution in [1.82, 2.24) is 5.32 Å². The van der Waals surface area contributed by atoms with Crippen LogP contribution in [0.25, 0.3) is 0 Å². The van der Waals surface area contributed by atoms with Crippen LogP contribution >= 0.6 is 46.2 Å². The number of carbonyl (C=O) groups excluding carboxylic acids is 1. The third kappa shape index (κ3) is 8.73. The highest BCUT2D eigenvalue weighted by molar-refractivity contribution is 14.1. The lowest BCUT2D eigenvalue weighted by molar-refractivity contribution is -0.0794. The number of aryl methyl sites for hydroxylation is 1. The third-order valence-electron chi connectivity index (χ3n) is 8.35. The molecule has 4 N–H and O–H groups in total. The van der Waals surface area contributed by atoms with Gasteiger partial charge in [0.15, 0.2) is 29.3 Å². The van der Waals surface area contributed by atoms with Gasteiger partial charge in [-0.1, -0.05) is 83.4 Å². The smallest absolute Gasteiger partial charge is 0.338 e.